The van der Waals surface area contributed by atoms with Crippen LogP contribution in [0, 0.1) is 0 Å². The highest BCUT2D eigenvalue weighted by Gasteiger charge is 2.45. The van der Waals surface area contributed by atoms with Gasteiger partial charge in [0.2, 0.25) is 10.0 Å². The second kappa shape index (κ2) is 4.46. The summed E-state index contributed by atoms with van der Waals surface area (Å²) in [6.07, 6.45) is 1.21. The fraction of sp³-hybridized carbons (Fsp3) is 0.875. The minimum atomic E-state index is -3.69. The maximum absolute atomic E-state index is 11.4. The number of hydrogen-bond acceptors (Lipinski definition) is 5. The van der Waals surface area contributed by atoms with Crippen LogP contribution in [0.1, 0.15) is 19.8 Å². The molecule has 0 heterocycles. The van der Waals surface area contributed by atoms with E-state index >= 15 is 0 Å². The van der Waals surface area contributed by atoms with Crippen molar-refractivity contribution in [2.45, 2.75) is 25.3 Å². The van der Waals surface area contributed by atoms with Gasteiger partial charge in [-0.3, -0.25) is 4.79 Å². The first-order valence-corrected chi connectivity index (χ1v) is 6.36. The number of ether oxygens (including phenoxy) is 1. The lowest BCUT2D eigenvalue weighted by Gasteiger charge is -2.13. The number of carbonyl (C=O) groups is 1. The SMILES string of the molecule is CCOC(=O)CS(=O)(=O)NC1(CO)CC1. The van der Waals surface area contributed by atoms with E-state index in [0.29, 0.717) is 12.8 Å². The van der Waals surface area contributed by atoms with Crippen LogP contribution in [0.15, 0.2) is 0 Å². The van der Waals surface area contributed by atoms with Crippen molar-refractivity contribution in [3.8, 4) is 0 Å². The Morgan fingerprint density at radius 2 is 2.13 bits per heavy atom. The average Bonchev–Trinajstić information content (AvgIpc) is 2.83. The third kappa shape index (κ3) is 3.77. The highest BCUT2D eigenvalue weighted by Crippen LogP contribution is 2.35. The summed E-state index contributed by atoms with van der Waals surface area (Å²) in [6, 6.07) is 0. The maximum atomic E-state index is 11.4. The molecule has 0 spiro atoms. The molecule has 1 aliphatic carbocycles. The number of aliphatic hydroxyl groups is 1. The van der Waals surface area contributed by atoms with Crippen molar-refractivity contribution in [3.63, 3.8) is 0 Å². The Hall–Kier alpha value is -0.660. The van der Waals surface area contributed by atoms with Gasteiger partial charge in [0.25, 0.3) is 0 Å². The molecule has 15 heavy (non-hydrogen) atoms. The monoisotopic (exact) mass is 237 g/mol. The molecule has 0 atom stereocenters. The molecule has 2 N–H and O–H groups in total. The zero-order valence-electron chi connectivity index (χ0n) is 8.52. The van der Waals surface area contributed by atoms with Crippen molar-refractivity contribution in [3.05, 3.63) is 0 Å². The molecule has 88 valence electrons. The lowest BCUT2D eigenvalue weighted by Crippen LogP contribution is -2.42. The van der Waals surface area contributed by atoms with Crippen LogP contribution < -0.4 is 4.72 Å². The summed E-state index contributed by atoms with van der Waals surface area (Å²) in [7, 11) is -3.69. The van der Waals surface area contributed by atoms with E-state index in [1.165, 1.54) is 0 Å². The van der Waals surface area contributed by atoms with Gasteiger partial charge in [0.1, 0.15) is 0 Å². The molecule has 0 aromatic heterocycles. The molecule has 0 saturated heterocycles. The summed E-state index contributed by atoms with van der Waals surface area (Å²) in [5.74, 6) is -1.47. The van der Waals surface area contributed by atoms with Crippen LogP contribution in [0.25, 0.3) is 0 Å². The Bertz CT molecular complexity index is 333. The summed E-state index contributed by atoms with van der Waals surface area (Å²) in [5, 5.41) is 8.91. The molecule has 1 saturated carbocycles. The zero-order chi connectivity index (χ0) is 11.5. The minimum Gasteiger partial charge on any atom is -0.465 e. The first-order valence-electron chi connectivity index (χ1n) is 4.71. The second-order valence-corrected chi connectivity index (χ2v) is 5.33. The third-order valence-electron chi connectivity index (χ3n) is 2.14. The molecule has 1 rings (SSSR count). The molecule has 0 aliphatic heterocycles. The fourth-order valence-electron chi connectivity index (χ4n) is 1.17. The van der Waals surface area contributed by atoms with Gasteiger partial charge in [-0.15, -0.1) is 0 Å². The zero-order valence-corrected chi connectivity index (χ0v) is 9.34. The topological polar surface area (TPSA) is 92.7 Å². The number of hydrogen-bond donors (Lipinski definition) is 2. The van der Waals surface area contributed by atoms with Crippen LogP contribution in [0.3, 0.4) is 0 Å². The largest absolute Gasteiger partial charge is 0.465 e. The Labute approximate surface area is 88.7 Å². The van der Waals surface area contributed by atoms with Gasteiger partial charge < -0.3 is 9.84 Å². The molecule has 7 heteroatoms. The van der Waals surface area contributed by atoms with E-state index in [9.17, 15) is 13.2 Å². The van der Waals surface area contributed by atoms with E-state index in [1.807, 2.05) is 0 Å². The third-order valence-corrected chi connectivity index (χ3v) is 3.50. The van der Waals surface area contributed by atoms with E-state index < -0.39 is 27.3 Å². The van der Waals surface area contributed by atoms with Gasteiger partial charge in [-0.1, -0.05) is 0 Å². The smallest absolute Gasteiger partial charge is 0.322 e. The van der Waals surface area contributed by atoms with E-state index in [-0.39, 0.29) is 13.2 Å². The number of nitrogens with one attached hydrogen (secondary N) is 1. The maximum Gasteiger partial charge on any atom is 0.322 e. The molecule has 0 amide bonds. The van der Waals surface area contributed by atoms with E-state index in [0.717, 1.165) is 0 Å². The van der Waals surface area contributed by atoms with Gasteiger partial charge in [-0.25, -0.2) is 13.1 Å². The Morgan fingerprint density at radius 3 is 2.53 bits per heavy atom. The van der Waals surface area contributed by atoms with Crippen molar-refractivity contribution in [2.75, 3.05) is 19.0 Å². The Morgan fingerprint density at radius 1 is 1.53 bits per heavy atom. The number of sulfonamides is 1. The number of rotatable bonds is 6. The van der Waals surface area contributed by atoms with Crippen molar-refractivity contribution in [1.82, 2.24) is 4.72 Å². The van der Waals surface area contributed by atoms with Gasteiger partial charge >= 0.3 is 5.97 Å². The van der Waals surface area contributed by atoms with Gasteiger partial charge in [0.15, 0.2) is 5.75 Å². The quantitative estimate of drug-likeness (QED) is 0.578. The van der Waals surface area contributed by atoms with Crippen LogP contribution in [-0.2, 0) is 19.6 Å². The molecular weight excluding hydrogens is 222 g/mol. The summed E-state index contributed by atoms with van der Waals surface area (Å²) < 4.78 is 29.6. The normalized spacial score (nSPS) is 18.5. The predicted molar refractivity (Wildman–Crippen MR) is 52.6 cm³/mol. The first-order chi connectivity index (χ1) is 6.93. The van der Waals surface area contributed by atoms with Crippen LogP contribution >= 0.6 is 0 Å². The first kappa shape index (κ1) is 12.4. The van der Waals surface area contributed by atoms with Crippen LogP contribution in [0.2, 0.25) is 0 Å². The van der Waals surface area contributed by atoms with E-state index in [4.69, 9.17) is 5.11 Å². The fourth-order valence-corrected chi connectivity index (χ4v) is 2.56. The molecule has 0 aromatic rings. The van der Waals surface area contributed by atoms with Gasteiger partial charge in [0.05, 0.1) is 18.8 Å². The molecule has 0 radical (unpaired) electrons. The molecule has 1 fully saturated rings. The highest BCUT2D eigenvalue weighted by atomic mass is 32.2. The lowest BCUT2D eigenvalue weighted by atomic mass is 10.3. The number of carbonyl (C=O) groups excluding carboxylic acids is 1. The van der Waals surface area contributed by atoms with Crippen molar-refractivity contribution < 1.29 is 23.1 Å². The molecule has 1 aliphatic rings. The molecule has 0 bridgehead atoms. The minimum absolute atomic E-state index is 0.152. The van der Waals surface area contributed by atoms with Crippen molar-refractivity contribution in [2.24, 2.45) is 0 Å². The van der Waals surface area contributed by atoms with E-state index in [1.54, 1.807) is 6.92 Å². The summed E-state index contributed by atoms with van der Waals surface area (Å²) in [4.78, 5) is 10.9. The highest BCUT2D eigenvalue weighted by molar-refractivity contribution is 7.90. The lowest BCUT2D eigenvalue weighted by molar-refractivity contribution is -0.139. The Balaban J connectivity index is 2.49. The van der Waals surface area contributed by atoms with E-state index in [2.05, 4.69) is 9.46 Å². The summed E-state index contributed by atoms with van der Waals surface area (Å²) in [6.45, 7) is 1.52. The predicted octanol–water partition coefficient (Wildman–Crippen LogP) is -1.01. The van der Waals surface area contributed by atoms with Crippen LogP contribution in [-0.4, -0.2) is 44.0 Å². The van der Waals surface area contributed by atoms with Gasteiger partial charge in [-0.05, 0) is 19.8 Å². The average molecular weight is 237 g/mol. The Kier molecular flexibility index (Phi) is 3.69. The molecule has 0 aromatic carbocycles. The van der Waals surface area contributed by atoms with Crippen molar-refractivity contribution in [1.29, 1.82) is 0 Å². The number of aliphatic hydroxyl groups excluding tert-OH is 1. The van der Waals surface area contributed by atoms with Crippen LogP contribution in [0.5, 0.6) is 0 Å². The standard InChI is InChI=1S/C8H15NO5S/c1-2-14-7(11)5-15(12,13)9-8(6-10)3-4-8/h9-10H,2-6H2,1H3. The number of esters is 1. The summed E-state index contributed by atoms with van der Waals surface area (Å²) >= 11 is 0. The summed E-state index contributed by atoms with van der Waals surface area (Å²) in [5.41, 5.74) is -0.731. The molecular formula is C8H15NO5S. The molecule has 6 nitrogen and oxygen atoms in total. The van der Waals surface area contributed by atoms with Crippen molar-refractivity contribution >= 4 is 16.0 Å². The second-order valence-electron chi connectivity index (χ2n) is 3.60. The molecule has 0 unspecified atom stereocenters. The van der Waals surface area contributed by atoms with Gasteiger partial charge in [0, 0.05) is 0 Å². The van der Waals surface area contributed by atoms with Gasteiger partial charge in [-0.2, -0.15) is 0 Å². The van der Waals surface area contributed by atoms with Crippen LogP contribution in [0.4, 0.5) is 0 Å².